The highest BCUT2D eigenvalue weighted by Gasteiger charge is 2.26. The second-order valence-electron chi connectivity index (χ2n) is 9.16. The lowest BCUT2D eigenvalue weighted by molar-refractivity contribution is 0.145. The van der Waals surface area contributed by atoms with Gasteiger partial charge in [0.05, 0.1) is 4.90 Å². The van der Waals surface area contributed by atoms with Gasteiger partial charge in [-0.1, -0.05) is 25.3 Å². The van der Waals surface area contributed by atoms with Gasteiger partial charge in [-0.25, -0.2) is 22.7 Å². The Morgan fingerprint density at radius 3 is 2.16 bits per heavy atom. The average Bonchev–Trinajstić information content (AvgIpc) is 3.01. The van der Waals surface area contributed by atoms with Crippen LogP contribution in [0.5, 0.6) is 0 Å². The van der Waals surface area contributed by atoms with Gasteiger partial charge in [0.25, 0.3) is 10.0 Å². The van der Waals surface area contributed by atoms with Crippen LogP contribution in [0.4, 0.5) is 9.59 Å². The van der Waals surface area contributed by atoms with Crippen LogP contribution in [0.3, 0.4) is 0 Å². The molecule has 1 saturated heterocycles. The third kappa shape index (κ3) is 5.54. The second-order valence-corrected chi connectivity index (χ2v) is 10.8. The summed E-state index contributed by atoms with van der Waals surface area (Å²) in [5.74, 6) is 0. The molecule has 9 heteroatoms. The molecule has 2 N–H and O–H groups in total. The molecule has 0 radical (unpaired) electrons. The maximum absolute atomic E-state index is 12.9. The first-order valence-corrected chi connectivity index (χ1v) is 13.4. The van der Waals surface area contributed by atoms with Gasteiger partial charge >= 0.3 is 12.1 Å². The van der Waals surface area contributed by atoms with E-state index in [1.807, 2.05) is 15.9 Å². The lowest BCUT2D eigenvalue weighted by Gasteiger charge is -2.32. The average molecular weight is 463 g/mol. The molecule has 8 nitrogen and oxygen atoms in total. The van der Waals surface area contributed by atoms with Gasteiger partial charge < -0.3 is 15.1 Å². The Labute approximate surface area is 190 Å². The van der Waals surface area contributed by atoms with E-state index in [1.54, 1.807) is 12.1 Å². The van der Waals surface area contributed by atoms with Crippen LogP contribution in [0.15, 0.2) is 23.1 Å². The number of benzene rings is 1. The van der Waals surface area contributed by atoms with Gasteiger partial charge in [-0.05, 0) is 68.2 Å². The molecule has 2 aliphatic heterocycles. The van der Waals surface area contributed by atoms with Gasteiger partial charge in [-0.3, -0.25) is 0 Å². The van der Waals surface area contributed by atoms with Crippen molar-refractivity contribution in [2.75, 3.05) is 26.2 Å². The van der Waals surface area contributed by atoms with E-state index in [2.05, 4.69) is 10.0 Å². The summed E-state index contributed by atoms with van der Waals surface area (Å²) in [5, 5.41) is 2.79. The molecule has 4 amide bonds. The molecule has 0 bridgehead atoms. The standard InChI is InChI=1S/C23H34N4O4S/c28-22(24-20-7-3-1-4-8-20)25-32(30,31)21-10-9-18-11-15-27(16-12-19(18)17-21)23(29)26-13-5-2-6-14-26/h9-10,17,20H,1-8,11-16H2,(H2,24,25,28). The lowest BCUT2D eigenvalue weighted by atomic mass is 9.96. The van der Waals surface area contributed by atoms with Gasteiger partial charge in [0.2, 0.25) is 0 Å². The summed E-state index contributed by atoms with van der Waals surface area (Å²) in [5.41, 5.74) is 1.99. The van der Waals surface area contributed by atoms with E-state index in [9.17, 15) is 18.0 Å². The smallest absolute Gasteiger partial charge is 0.328 e. The van der Waals surface area contributed by atoms with Gasteiger partial charge in [0.1, 0.15) is 0 Å². The molecule has 176 valence electrons. The SMILES string of the molecule is O=C(NC1CCCCC1)NS(=O)(=O)c1ccc2c(c1)CCN(C(=O)N1CCCCC1)CC2. The van der Waals surface area contributed by atoms with Crippen LogP contribution in [0.2, 0.25) is 0 Å². The number of nitrogens with one attached hydrogen (secondary N) is 2. The zero-order chi connectivity index (χ0) is 22.6. The van der Waals surface area contributed by atoms with Crippen molar-refractivity contribution in [3.63, 3.8) is 0 Å². The number of nitrogens with zero attached hydrogens (tertiary/aromatic N) is 2. The summed E-state index contributed by atoms with van der Waals surface area (Å²) in [4.78, 5) is 29.0. The van der Waals surface area contributed by atoms with Gasteiger partial charge in [0, 0.05) is 32.2 Å². The van der Waals surface area contributed by atoms with Gasteiger partial charge in [-0.2, -0.15) is 0 Å². The Bertz CT molecular complexity index is 937. The molecule has 1 aromatic carbocycles. The third-order valence-electron chi connectivity index (χ3n) is 6.85. The van der Waals surface area contributed by atoms with Crippen LogP contribution < -0.4 is 10.0 Å². The molecule has 32 heavy (non-hydrogen) atoms. The maximum Gasteiger partial charge on any atom is 0.328 e. The van der Waals surface area contributed by atoms with Crippen molar-refractivity contribution >= 4 is 22.1 Å². The van der Waals surface area contributed by atoms with E-state index < -0.39 is 16.1 Å². The molecule has 1 aromatic rings. The Morgan fingerprint density at radius 1 is 0.812 bits per heavy atom. The number of likely N-dealkylation sites (tertiary alicyclic amines) is 1. The fourth-order valence-electron chi connectivity index (χ4n) is 4.99. The maximum atomic E-state index is 12.9. The molecule has 0 spiro atoms. The minimum absolute atomic E-state index is 0.0365. The van der Waals surface area contributed by atoms with E-state index >= 15 is 0 Å². The summed E-state index contributed by atoms with van der Waals surface area (Å²) >= 11 is 0. The molecule has 2 fully saturated rings. The fourth-order valence-corrected chi connectivity index (χ4v) is 5.95. The number of hydrogen-bond donors (Lipinski definition) is 2. The van der Waals surface area contributed by atoms with Gasteiger partial charge in [0.15, 0.2) is 0 Å². The molecule has 1 saturated carbocycles. The Balaban J connectivity index is 1.39. The van der Waals surface area contributed by atoms with Crippen LogP contribution in [0.25, 0.3) is 0 Å². The highest BCUT2D eigenvalue weighted by atomic mass is 32.2. The first kappa shape index (κ1) is 22.9. The van der Waals surface area contributed by atoms with E-state index in [-0.39, 0.29) is 17.0 Å². The number of piperidine rings is 1. The van der Waals surface area contributed by atoms with Crippen molar-refractivity contribution in [1.82, 2.24) is 19.8 Å². The summed E-state index contributed by atoms with van der Waals surface area (Å²) in [6.07, 6.45) is 9.65. The molecule has 4 rings (SSSR count). The fraction of sp³-hybridized carbons (Fsp3) is 0.652. The van der Waals surface area contributed by atoms with Crippen LogP contribution in [0.1, 0.15) is 62.5 Å². The molecular formula is C23H34N4O4S. The van der Waals surface area contributed by atoms with Crippen LogP contribution >= 0.6 is 0 Å². The molecule has 0 aromatic heterocycles. The second kappa shape index (κ2) is 10.1. The summed E-state index contributed by atoms with van der Waals surface area (Å²) in [7, 11) is -3.95. The van der Waals surface area contributed by atoms with Crippen molar-refractivity contribution in [3.8, 4) is 0 Å². The number of hydrogen-bond acceptors (Lipinski definition) is 4. The van der Waals surface area contributed by atoms with Crippen molar-refractivity contribution < 1.29 is 18.0 Å². The van der Waals surface area contributed by atoms with Crippen LogP contribution in [0, 0.1) is 0 Å². The Kier molecular flexibility index (Phi) is 7.23. The predicted octanol–water partition coefficient (Wildman–Crippen LogP) is 3.01. The number of urea groups is 2. The molecule has 2 heterocycles. The highest BCUT2D eigenvalue weighted by Crippen LogP contribution is 2.22. The predicted molar refractivity (Wildman–Crippen MR) is 122 cm³/mol. The van der Waals surface area contributed by atoms with E-state index in [4.69, 9.17) is 0 Å². The molecule has 0 atom stereocenters. The first-order valence-electron chi connectivity index (χ1n) is 11.9. The van der Waals surface area contributed by atoms with Gasteiger partial charge in [-0.15, -0.1) is 0 Å². The minimum atomic E-state index is -3.95. The summed E-state index contributed by atoms with van der Waals surface area (Å²) in [6.45, 7) is 2.84. The van der Waals surface area contributed by atoms with Crippen molar-refractivity contribution in [2.45, 2.75) is 75.1 Å². The highest BCUT2D eigenvalue weighted by molar-refractivity contribution is 7.90. The topological polar surface area (TPSA) is 98.8 Å². The zero-order valence-electron chi connectivity index (χ0n) is 18.6. The Hall–Kier alpha value is -2.29. The normalized spacial score (nSPS) is 20.2. The number of carbonyl (C=O) groups is 2. The number of carbonyl (C=O) groups excluding carboxylic acids is 2. The van der Waals surface area contributed by atoms with Crippen molar-refractivity contribution in [2.24, 2.45) is 0 Å². The van der Waals surface area contributed by atoms with Crippen LogP contribution in [-0.2, 0) is 22.9 Å². The number of rotatable bonds is 3. The Morgan fingerprint density at radius 2 is 1.44 bits per heavy atom. The largest absolute Gasteiger partial charge is 0.335 e. The molecular weight excluding hydrogens is 428 g/mol. The third-order valence-corrected chi connectivity index (χ3v) is 8.18. The monoisotopic (exact) mass is 462 g/mol. The zero-order valence-corrected chi connectivity index (χ0v) is 19.5. The number of sulfonamides is 1. The van der Waals surface area contributed by atoms with Crippen LogP contribution in [-0.4, -0.2) is 62.5 Å². The van der Waals surface area contributed by atoms with E-state index in [0.717, 1.165) is 69.2 Å². The van der Waals surface area contributed by atoms with Crippen molar-refractivity contribution in [1.29, 1.82) is 0 Å². The van der Waals surface area contributed by atoms with E-state index in [1.165, 1.54) is 6.42 Å². The summed E-state index contributed by atoms with van der Waals surface area (Å²) in [6, 6.07) is 4.49. The van der Waals surface area contributed by atoms with Crippen molar-refractivity contribution in [3.05, 3.63) is 29.3 Å². The molecule has 1 aliphatic carbocycles. The number of amides is 4. The molecule has 0 unspecified atom stereocenters. The van der Waals surface area contributed by atoms with E-state index in [0.29, 0.717) is 25.9 Å². The number of fused-ring (bicyclic) bond motifs is 1. The quantitative estimate of drug-likeness (QED) is 0.721. The molecule has 3 aliphatic rings. The lowest BCUT2D eigenvalue weighted by Crippen LogP contribution is -2.46. The summed E-state index contributed by atoms with van der Waals surface area (Å²) < 4.78 is 27.7. The minimum Gasteiger partial charge on any atom is -0.335 e. The first-order chi connectivity index (χ1) is 15.4.